The van der Waals surface area contributed by atoms with Crippen molar-refractivity contribution in [3.63, 3.8) is 0 Å². The van der Waals surface area contributed by atoms with Crippen molar-refractivity contribution in [1.82, 2.24) is 5.32 Å². The lowest BCUT2D eigenvalue weighted by Gasteiger charge is -2.51. The van der Waals surface area contributed by atoms with Gasteiger partial charge in [-0.05, 0) is 67.3 Å². The SMILES string of the molecule is CCCC1(C(C)(Oc2ccc(OCc3ccccc3)cc2)C(C)(O)CNC(c2ccccc2)c2ccccc2)C=CC=N1. The zero-order valence-corrected chi connectivity index (χ0v) is 25.3. The number of nitrogens with one attached hydrogen (secondary N) is 1. The highest BCUT2D eigenvalue weighted by Crippen LogP contribution is 2.45. The first kappa shape index (κ1) is 30.3. The number of aliphatic imine (C=N–C) groups is 1. The molecule has 5 heteroatoms. The van der Waals surface area contributed by atoms with Crippen LogP contribution in [0.4, 0.5) is 0 Å². The van der Waals surface area contributed by atoms with Crippen molar-refractivity contribution >= 4 is 6.21 Å². The van der Waals surface area contributed by atoms with E-state index < -0.39 is 16.7 Å². The number of rotatable bonds is 14. The minimum absolute atomic E-state index is 0.107. The van der Waals surface area contributed by atoms with Gasteiger partial charge in [-0.25, -0.2) is 0 Å². The van der Waals surface area contributed by atoms with Crippen LogP contribution in [0.5, 0.6) is 11.5 Å². The quantitative estimate of drug-likeness (QED) is 0.162. The van der Waals surface area contributed by atoms with Crippen LogP contribution < -0.4 is 14.8 Å². The molecule has 3 atom stereocenters. The Morgan fingerprint density at radius 2 is 1.35 bits per heavy atom. The van der Waals surface area contributed by atoms with Gasteiger partial charge in [0.15, 0.2) is 5.60 Å². The zero-order valence-electron chi connectivity index (χ0n) is 25.3. The first-order valence-electron chi connectivity index (χ1n) is 15.1. The van der Waals surface area contributed by atoms with Gasteiger partial charge < -0.3 is 19.9 Å². The summed E-state index contributed by atoms with van der Waals surface area (Å²) in [7, 11) is 0. The molecule has 0 aromatic heterocycles. The molecule has 0 amide bonds. The Kier molecular flexibility index (Phi) is 9.44. The van der Waals surface area contributed by atoms with Crippen LogP contribution >= 0.6 is 0 Å². The Morgan fingerprint density at radius 1 is 0.791 bits per heavy atom. The summed E-state index contributed by atoms with van der Waals surface area (Å²) in [5, 5.41) is 16.1. The van der Waals surface area contributed by atoms with E-state index in [1.807, 2.05) is 117 Å². The minimum atomic E-state index is -1.33. The molecule has 0 spiro atoms. The van der Waals surface area contributed by atoms with Crippen molar-refractivity contribution in [2.24, 2.45) is 4.99 Å². The maximum Gasteiger partial charge on any atom is 0.164 e. The summed E-state index contributed by atoms with van der Waals surface area (Å²) in [6.45, 7) is 6.73. The lowest BCUT2D eigenvalue weighted by atomic mass is 9.68. The fraction of sp³-hybridized carbons (Fsp3) is 0.289. The minimum Gasteiger partial charge on any atom is -0.489 e. The normalized spacial score (nSPS) is 18.7. The van der Waals surface area contributed by atoms with Gasteiger partial charge in [-0.1, -0.05) is 110 Å². The van der Waals surface area contributed by atoms with Gasteiger partial charge in [0, 0.05) is 12.8 Å². The van der Waals surface area contributed by atoms with Crippen LogP contribution in [-0.2, 0) is 6.61 Å². The first-order valence-corrected chi connectivity index (χ1v) is 15.1. The summed E-state index contributed by atoms with van der Waals surface area (Å²) in [4.78, 5) is 4.94. The Bertz CT molecular complexity index is 1430. The third-order valence-corrected chi connectivity index (χ3v) is 8.56. The number of hydrogen-bond donors (Lipinski definition) is 2. The van der Waals surface area contributed by atoms with E-state index in [0.717, 1.165) is 35.3 Å². The molecule has 1 heterocycles. The second-order valence-electron chi connectivity index (χ2n) is 11.6. The van der Waals surface area contributed by atoms with E-state index in [2.05, 4.69) is 42.6 Å². The second kappa shape index (κ2) is 13.4. The molecule has 0 fully saturated rings. The average molecular weight is 575 g/mol. The topological polar surface area (TPSA) is 63.1 Å². The second-order valence-corrected chi connectivity index (χ2v) is 11.6. The summed E-state index contributed by atoms with van der Waals surface area (Å²) in [5.41, 5.74) is 0.163. The van der Waals surface area contributed by atoms with Gasteiger partial charge in [0.25, 0.3) is 0 Å². The predicted molar refractivity (Wildman–Crippen MR) is 175 cm³/mol. The molecule has 222 valence electrons. The summed E-state index contributed by atoms with van der Waals surface area (Å²) < 4.78 is 12.9. The fourth-order valence-electron chi connectivity index (χ4n) is 5.90. The zero-order chi connectivity index (χ0) is 30.2. The van der Waals surface area contributed by atoms with Gasteiger partial charge in [0.2, 0.25) is 0 Å². The fourth-order valence-corrected chi connectivity index (χ4v) is 5.90. The maximum absolute atomic E-state index is 12.4. The highest BCUT2D eigenvalue weighted by molar-refractivity contribution is 5.76. The Hall–Kier alpha value is -4.19. The van der Waals surface area contributed by atoms with Crippen LogP contribution in [0.25, 0.3) is 0 Å². The first-order chi connectivity index (χ1) is 20.9. The molecule has 0 aliphatic carbocycles. The molecule has 43 heavy (non-hydrogen) atoms. The van der Waals surface area contributed by atoms with E-state index in [0.29, 0.717) is 12.4 Å². The van der Waals surface area contributed by atoms with Crippen LogP contribution in [0.2, 0.25) is 0 Å². The standard InChI is InChI=1S/C38H42N2O3/c1-4-25-38(26-14-27-40-38)37(3,43-34-23-21-33(22-24-34)42-28-30-15-8-5-9-16-30)36(2,41)29-39-35(31-17-10-6-11-18-31)32-19-12-7-13-20-32/h5-24,26-27,35,39,41H,4,25,28-29H2,1-3H3. The van der Waals surface area contributed by atoms with Crippen molar-refractivity contribution in [3.8, 4) is 11.5 Å². The molecule has 0 saturated heterocycles. The van der Waals surface area contributed by atoms with Gasteiger partial charge in [0.1, 0.15) is 29.2 Å². The third kappa shape index (κ3) is 6.74. The summed E-state index contributed by atoms with van der Waals surface area (Å²) in [6.07, 6.45) is 7.46. The van der Waals surface area contributed by atoms with E-state index in [1.165, 1.54) is 0 Å². The number of benzene rings is 4. The monoisotopic (exact) mass is 574 g/mol. The lowest BCUT2D eigenvalue weighted by molar-refractivity contribution is -0.142. The van der Waals surface area contributed by atoms with Crippen molar-refractivity contribution < 1.29 is 14.6 Å². The highest BCUT2D eigenvalue weighted by atomic mass is 16.5. The highest BCUT2D eigenvalue weighted by Gasteiger charge is 2.59. The third-order valence-electron chi connectivity index (χ3n) is 8.56. The van der Waals surface area contributed by atoms with Gasteiger partial charge in [0.05, 0.1) is 6.04 Å². The van der Waals surface area contributed by atoms with E-state index in [9.17, 15) is 5.11 Å². The van der Waals surface area contributed by atoms with Gasteiger partial charge >= 0.3 is 0 Å². The van der Waals surface area contributed by atoms with E-state index in [-0.39, 0.29) is 12.6 Å². The Morgan fingerprint density at radius 3 is 1.88 bits per heavy atom. The molecule has 0 saturated carbocycles. The van der Waals surface area contributed by atoms with Gasteiger partial charge in [-0.3, -0.25) is 4.99 Å². The molecule has 3 unspecified atom stereocenters. The molecule has 0 radical (unpaired) electrons. The number of aliphatic hydroxyl groups is 1. The van der Waals surface area contributed by atoms with Crippen molar-refractivity contribution in [2.45, 2.75) is 63.0 Å². The van der Waals surface area contributed by atoms with E-state index in [1.54, 1.807) is 0 Å². The average Bonchev–Trinajstić information content (AvgIpc) is 3.53. The van der Waals surface area contributed by atoms with E-state index in [4.69, 9.17) is 14.5 Å². The van der Waals surface area contributed by atoms with Crippen molar-refractivity contribution in [2.75, 3.05) is 6.54 Å². The summed E-state index contributed by atoms with van der Waals surface area (Å²) in [6, 6.07) is 38.3. The van der Waals surface area contributed by atoms with Crippen LogP contribution in [-0.4, -0.2) is 34.6 Å². The molecular formula is C38H42N2O3. The molecule has 5 nitrogen and oxygen atoms in total. The lowest BCUT2D eigenvalue weighted by Crippen LogP contribution is -2.69. The van der Waals surface area contributed by atoms with Crippen LogP contribution in [0.1, 0.15) is 56.3 Å². The molecule has 1 aliphatic rings. The summed E-state index contributed by atoms with van der Waals surface area (Å²) >= 11 is 0. The van der Waals surface area contributed by atoms with Crippen molar-refractivity contribution in [3.05, 3.63) is 144 Å². The maximum atomic E-state index is 12.4. The number of allylic oxidation sites excluding steroid dienone is 1. The molecule has 1 aliphatic heterocycles. The van der Waals surface area contributed by atoms with Gasteiger partial charge in [-0.2, -0.15) is 0 Å². The van der Waals surface area contributed by atoms with Gasteiger partial charge in [-0.15, -0.1) is 0 Å². The molecule has 4 aromatic rings. The smallest absolute Gasteiger partial charge is 0.164 e. The largest absolute Gasteiger partial charge is 0.489 e. The molecule has 0 bridgehead atoms. The Balaban J connectivity index is 1.41. The Labute approximate surface area is 255 Å². The van der Waals surface area contributed by atoms with Crippen molar-refractivity contribution in [1.29, 1.82) is 0 Å². The number of hydrogen-bond acceptors (Lipinski definition) is 5. The van der Waals surface area contributed by atoms with Crippen LogP contribution in [0.15, 0.2) is 132 Å². The molecule has 5 rings (SSSR count). The number of ether oxygens (including phenoxy) is 2. The van der Waals surface area contributed by atoms with Crippen LogP contribution in [0.3, 0.4) is 0 Å². The molecule has 2 N–H and O–H groups in total. The molecular weight excluding hydrogens is 532 g/mol. The van der Waals surface area contributed by atoms with Crippen LogP contribution in [0, 0.1) is 0 Å². The van der Waals surface area contributed by atoms with E-state index >= 15 is 0 Å². The molecule has 4 aromatic carbocycles. The summed E-state index contributed by atoms with van der Waals surface area (Å²) in [5.74, 6) is 1.39. The predicted octanol–water partition coefficient (Wildman–Crippen LogP) is 7.71. The number of nitrogens with zero attached hydrogens (tertiary/aromatic N) is 1.